The van der Waals surface area contributed by atoms with Crippen molar-refractivity contribution in [3.8, 4) is 0 Å². The molecule has 0 amide bonds. The summed E-state index contributed by atoms with van der Waals surface area (Å²) in [5, 5.41) is 2.56. The molecule has 1 aromatic carbocycles. The quantitative estimate of drug-likeness (QED) is 0.449. The van der Waals surface area contributed by atoms with E-state index in [1.807, 2.05) is 12.4 Å². The van der Waals surface area contributed by atoms with Gasteiger partial charge in [0.05, 0.1) is 13.2 Å². The standard InChI is InChI=1S/C32H40N2O/c1-31-12-9-26(34-15-17-35-18-16-34)20-25(31)5-6-27-29-8-7-28(32(29,2)13-10-30(27)31)23-4-3-22-11-14-33-21-24(22)19-23/h3-5,7,11,14,19,21,26-27,29-30H,6,8-10,12-13,15-18,20H2,1-2H3/t26-,27+,29+,30+,31+,32-/m1/s1. The summed E-state index contributed by atoms with van der Waals surface area (Å²) in [6.07, 6.45) is 18.6. The van der Waals surface area contributed by atoms with Crippen molar-refractivity contribution in [2.75, 3.05) is 26.3 Å². The first-order valence-corrected chi connectivity index (χ1v) is 14.1. The van der Waals surface area contributed by atoms with E-state index in [4.69, 9.17) is 4.74 Å². The molecule has 2 aromatic rings. The van der Waals surface area contributed by atoms with E-state index in [0.717, 1.165) is 50.1 Å². The summed E-state index contributed by atoms with van der Waals surface area (Å²) in [5.41, 5.74) is 5.58. The molecule has 0 N–H and O–H groups in total. The highest BCUT2D eigenvalue weighted by atomic mass is 16.5. The summed E-state index contributed by atoms with van der Waals surface area (Å²) in [6.45, 7) is 9.33. The van der Waals surface area contributed by atoms with E-state index in [9.17, 15) is 0 Å². The van der Waals surface area contributed by atoms with Crippen LogP contribution in [0.4, 0.5) is 0 Å². The van der Waals surface area contributed by atoms with Crippen molar-refractivity contribution in [1.29, 1.82) is 0 Å². The molecule has 0 bridgehead atoms. The van der Waals surface area contributed by atoms with Gasteiger partial charge in [-0.15, -0.1) is 0 Å². The first kappa shape index (κ1) is 22.2. The summed E-state index contributed by atoms with van der Waals surface area (Å²) < 4.78 is 5.63. The molecule has 3 nitrogen and oxygen atoms in total. The molecule has 0 spiro atoms. The van der Waals surface area contributed by atoms with Crippen molar-refractivity contribution in [3.63, 3.8) is 0 Å². The van der Waals surface area contributed by atoms with Crippen molar-refractivity contribution in [2.45, 2.75) is 64.8 Å². The number of nitrogens with zero attached hydrogens (tertiary/aromatic N) is 2. The second-order valence-corrected chi connectivity index (χ2v) is 12.6. The fraction of sp³-hybridized carbons (Fsp3) is 0.594. The minimum atomic E-state index is 0.309. The Kier molecular flexibility index (Phi) is 5.26. The van der Waals surface area contributed by atoms with Gasteiger partial charge in [0.25, 0.3) is 0 Å². The van der Waals surface area contributed by atoms with Crippen LogP contribution >= 0.6 is 0 Å². The maximum absolute atomic E-state index is 5.63. The molecule has 1 aromatic heterocycles. The van der Waals surface area contributed by atoms with Gasteiger partial charge in [-0.1, -0.05) is 43.7 Å². The number of morpholine rings is 1. The number of pyridine rings is 1. The monoisotopic (exact) mass is 468 g/mol. The van der Waals surface area contributed by atoms with Gasteiger partial charge in [-0.05, 0) is 102 Å². The van der Waals surface area contributed by atoms with Crippen molar-refractivity contribution in [1.82, 2.24) is 9.88 Å². The fourth-order valence-corrected chi connectivity index (χ4v) is 9.16. The Hall–Kier alpha value is -1.97. The lowest BCUT2D eigenvalue weighted by Gasteiger charge is -2.58. The van der Waals surface area contributed by atoms with Crippen LogP contribution in [0.15, 0.2) is 54.4 Å². The predicted molar refractivity (Wildman–Crippen MR) is 143 cm³/mol. The summed E-state index contributed by atoms with van der Waals surface area (Å²) >= 11 is 0. The highest BCUT2D eigenvalue weighted by Crippen LogP contribution is 2.66. The fourth-order valence-electron chi connectivity index (χ4n) is 9.16. The molecule has 6 atom stereocenters. The third-order valence-electron chi connectivity index (χ3n) is 11.2. The van der Waals surface area contributed by atoms with E-state index < -0.39 is 0 Å². The molecular formula is C32H40N2O. The Morgan fingerprint density at radius 3 is 2.66 bits per heavy atom. The molecule has 2 saturated carbocycles. The molecule has 1 aliphatic heterocycles. The molecule has 1 saturated heterocycles. The number of rotatable bonds is 2. The lowest BCUT2D eigenvalue weighted by molar-refractivity contribution is -0.0310. The number of hydrogen-bond acceptors (Lipinski definition) is 3. The zero-order valence-corrected chi connectivity index (χ0v) is 21.5. The molecule has 3 fully saturated rings. The number of hydrogen-bond donors (Lipinski definition) is 0. The minimum Gasteiger partial charge on any atom is -0.379 e. The summed E-state index contributed by atoms with van der Waals surface area (Å²) in [4.78, 5) is 7.10. The van der Waals surface area contributed by atoms with Crippen molar-refractivity contribution >= 4 is 16.3 Å². The van der Waals surface area contributed by atoms with Crippen molar-refractivity contribution < 1.29 is 4.74 Å². The maximum atomic E-state index is 5.63. The third-order valence-corrected chi connectivity index (χ3v) is 11.2. The first-order valence-electron chi connectivity index (χ1n) is 14.1. The van der Waals surface area contributed by atoms with Gasteiger partial charge in [0, 0.05) is 36.9 Å². The van der Waals surface area contributed by atoms with Crippen LogP contribution in [-0.2, 0) is 4.74 Å². The molecular weight excluding hydrogens is 428 g/mol. The summed E-state index contributed by atoms with van der Waals surface area (Å²) in [7, 11) is 0. The highest BCUT2D eigenvalue weighted by Gasteiger charge is 2.57. The van der Waals surface area contributed by atoms with Gasteiger partial charge in [0.15, 0.2) is 0 Å². The van der Waals surface area contributed by atoms with E-state index in [0.29, 0.717) is 10.8 Å². The number of ether oxygens (including phenoxy) is 1. The Balaban J connectivity index is 1.15. The lowest BCUT2D eigenvalue weighted by atomic mass is 9.47. The number of aromatic nitrogens is 1. The molecule has 3 heteroatoms. The second kappa shape index (κ2) is 8.28. The van der Waals surface area contributed by atoms with Gasteiger partial charge in [0.1, 0.15) is 0 Å². The molecule has 0 radical (unpaired) electrons. The van der Waals surface area contributed by atoms with Gasteiger partial charge >= 0.3 is 0 Å². The SMILES string of the molecule is C[C@]12CC[C@@H](N3CCOCC3)CC1=CC[C@@H]1[C@@H]2CC[C@]2(C)C(c3ccc4ccncc4c3)=CC[C@@H]12. The minimum absolute atomic E-state index is 0.309. The van der Waals surface area contributed by atoms with Gasteiger partial charge in [0.2, 0.25) is 0 Å². The van der Waals surface area contributed by atoms with Crippen LogP contribution in [0.5, 0.6) is 0 Å². The molecule has 184 valence electrons. The smallest absolute Gasteiger partial charge is 0.0594 e. The van der Waals surface area contributed by atoms with Crippen LogP contribution in [0, 0.1) is 28.6 Å². The average Bonchev–Trinajstić information content (AvgIpc) is 3.25. The summed E-state index contributed by atoms with van der Waals surface area (Å²) in [6, 6.07) is 9.91. The van der Waals surface area contributed by atoms with Crippen molar-refractivity contribution in [3.05, 3.63) is 59.9 Å². The normalized spacial score (nSPS) is 39.4. The van der Waals surface area contributed by atoms with E-state index in [1.165, 1.54) is 61.3 Å². The van der Waals surface area contributed by atoms with Crippen LogP contribution < -0.4 is 0 Å². The van der Waals surface area contributed by atoms with Crippen LogP contribution in [0.3, 0.4) is 0 Å². The number of allylic oxidation sites excluding steroid dienone is 3. The largest absolute Gasteiger partial charge is 0.379 e. The second-order valence-electron chi connectivity index (χ2n) is 12.6. The van der Waals surface area contributed by atoms with E-state index >= 15 is 0 Å². The molecule has 7 rings (SSSR count). The number of fused-ring (bicyclic) bond motifs is 6. The Morgan fingerprint density at radius 2 is 1.77 bits per heavy atom. The molecule has 5 aliphatic rings. The first-order chi connectivity index (χ1) is 17.1. The lowest BCUT2D eigenvalue weighted by Crippen LogP contribution is -2.52. The molecule has 2 heterocycles. The topological polar surface area (TPSA) is 25.4 Å². The number of benzene rings is 1. The third kappa shape index (κ3) is 3.41. The van der Waals surface area contributed by atoms with E-state index in [2.05, 4.69) is 60.1 Å². The van der Waals surface area contributed by atoms with Crippen molar-refractivity contribution in [2.24, 2.45) is 28.6 Å². The Bertz CT molecular complexity index is 1190. The van der Waals surface area contributed by atoms with E-state index in [1.54, 1.807) is 11.1 Å². The van der Waals surface area contributed by atoms with Gasteiger partial charge in [-0.2, -0.15) is 0 Å². The zero-order chi connectivity index (χ0) is 23.6. The average molecular weight is 469 g/mol. The Morgan fingerprint density at radius 1 is 0.914 bits per heavy atom. The zero-order valence-electron chi connectivity index (χ0n) is 21.5. The molecule has 0 unspecified atom stereocenters. The van der Waals surface area contributed by atoms with Gasteiger partial charge in [-0.3, -0.25) is 9.88 Å². The predicted octanol–water partition coefficient (Wildman–Crippen LogP) is 6.89. The Labute approximate surface area is 210 Å². The summed E-state index contributed by atoms with van der Waals surface area (Å²) in [5.74, 6) is 2.48. The van der Waals surface area contributed by atoms with Gasteiger partial charge in [-0.25, -0.2) is 0 Å². The maximum Gasteiger partial charge on any atom is 0.0594 e. The molecule has 35 heavy (non-hydrogen) atoms. The van der Waals surface area contributed by atoms with E-state index in [-0.39, 0.29) is 0 Å². The van der Waals surface area contributed by atoms with Crippen LogP contribution in [-0.4, -0.2) is 42.2 Å². The van der Waals surface area contributed by atoms with Crippen LogP contribution in [0.25, 0.3) is 16.3 Å². The highest BCUT2D eigenvalue weighted by molar-refractivity contribution is 5.86. The van der Waals surface area contributed by atoms with Gasteiger partial charge < -0.3 is 4.74 Å². The molecule has 4 aliphatic carbocycles. The van der Waals surface area contributed by atoms with Crippen LogP contribution in [0.1, 0.15) is 64.4 Å². The van der Waals surface area contributed by atoms with Crippen LogP contribution in [0.2, 0.25) is 0 Å².